The number of esters is 6. The number of benzene rings is 2. The Morgan fingerprint density at radius 2 is 0.982 bits per heavy atom. The average Bonchev–Trinajstić information content (AvgIpc) is 3.55. The van der Waals surface area contributed by atoms with Crippen molar-refractivity contribution in [3.8, 4) is 0 Å². The van der Waals surface area contributed by atoms with E-state index in [9.17, 15) is 28.8 Å². The molecule has 0 aromatic heterocycles. The van der Waals surface area contributed by atoms with E-state index in [1.54, 1.807) is 4.90 Å². The number of nitrogens with zero attached hydrogens (tertiary/aromatic N) is 5. The van der Waals surface area contributed by atoms with Crippen molar-refractivity contribution < 1.29 is 57.2 Å². The molecule has 3 atom stereocenters. The van der Waals surface area contributed by atoms with Crippen molar-refractivity contribution in [1.29, 1.82) is 0 Å². The lowest BCUT2D eigenvalue weighted by atomic mass is 10.0. The van der Waals surface area contributed by atoms with Gasteiger partial charge in [-0.05, 0) is 11.1 Å². The first kappa shape index (κ1) is 44.8. The zero-order valence-electron chi connectivity index (χ0n) is 33.2. The number of hydrogen-bond acceptors (Lipinski definition) is 17. The molecule has 2 heterocycles. The minimum Gasteiger partial charge on any atom is -0.468 e. The van der Waals surface area contributed by atoms with Crippen molar-refractivity contribution in [1.82, 2.24) is 24.5 Å². The molecule has 57 heavy (non-hydrogen) atoms. The molecular formula is C40H55N5O12. The summed E-state index contributed by atoms with van der Waals surface area (Å²) in [6.45, 7) is 3.50. The van der Waals surface area contributed by atoms with Crippen molar-refractivity contribution in [3.63, 3.8) is 0 Å². The van der Waals surface area contributed by atoms with Crippen LogP contribution in [0.2, 0.25) is 0 Å². The third-order valence-electron chi connectivity index (χ3n) is 9.90. The maximum absolute atomic E-state index is 14.3. The van der Waals surface area contributed by atoms with Gasteiger partial charge in [-0.3, -0.25) is 53.3 Å². The maximum atomic E-state index is 14.3. The molecule has 17 heteroatoms. The number of hydrogen-bond donors (Lipinski definition) is 0. The van der Waals surface area contributed by atoms with Crippen LogP contribution in [0, 0.1) is 0 Å². The standard InChI is InChI=1S/C40H55N5O12/c1-30(46)57-33-23-45(27-37(50)55-28-31-11-7-5-8-12-31)39(40(51)56-29-32-13-9-6-10-14-32)38(33)44-21-19-42(25-35(48)53-3)17-15-41(24-34(47)52-2)16-18-43(20-22-44)26-36(49)54-4/h5-14,33,38-39H,15-29H2,1-4H3/t33-,38+,39-/m0/s1. The van der Waals surface area contributed by atoms with Gasteiger partial charge >= 0.3 is 35.8 Å². The first-order valence-electron chi connectivity index (χ1n) is 18.9. The van der Waals surface area contributed by atoms with Crippen LogP contribution in [-0.2, 0) is 70.4 Å². The molecule has 17 nitrogen and oxygen atoms in total. The summed E-state index contributed by atoms with van der Waals surface area (Å²) >= 11 is 0. The molecule has 2 fully saturated rings. The topological polar surface area (TPSA) is 174 Å². The number of carbonyl (C=O) groups excluding carboxylic acids is 6. The van der Waals surface area contributed by atoms with Crippen molar-refractivity contribution >= 4 is 35.8 Å². The highest BCUT2D eigenvalue weighted by molar-refractivity contribution is 5.80. The van der Waals surface area contributed by atoms with E-state index >= 15 is 0 Å². The van der Waals surface area contributed by atoms with E-state index in [0.717, 1.165) is 11.1 Å². The molecule has 0 aliphatic carbocycles. The summed E-state index contributed by atoms with van der Waals surface area (Å²) in [5, 5.41) is 0. The van der Waals surface area contributed by atoms with Crippen LogP contribution in [0.15, 0.2) is 60.7 Å². The van der Waals surface area contributed by atoms with Gasteiger partial charge in [-0.15, -0.1) is 0 Å². The van der Waals surface area contributed by atoms with E-state index in [4.69, 9.17) is 28.4 Å². The Kier molecular flexibility index (Phi) is 18.3. The largest absolute Gasteiger partial charge is 0.468 e. The third-order valence-corrected chi connectivity index (χ3v) is 9.90. The van der Waals surface area contributed by atoms with Crippen molar-refractivity contribution in [2.24, 2.45) is 0 Å². The van der Waals surface area contributed by atoms with E-state index in [1.807, 2.05) is 80.3 Å². The highest BCUT2D eigenvalue weighted by atomic mass is 16.6. The molecule has 2 saturated heterocycles. The van der Waals surface area contributed by atoms with Crippen LogP contribution in [-0.4, -0.2) is 185 Å². The van der Waals surface area contributed by atoms with Gasteiger partial charge in [0.25, 0.3) is 0 Å². The first-order chi connectivity index (χ1) is 27.5. The van der Waals surface area contributed by atoms with Gasteiger partial charge in [-0.1, -0.05) is 60.7 Å². The summed E-state index contributed by atoms with van der Waals surface area (Å²) in [5.74, 6) is -3.13. The van der Waals surface area contributed by atoms with E-state index in [0.29, 0.717) is 39.3 Å². The summed E-state index contributed by atoms with van der Waals surface area (Å²) in [6.07, 6.45) is -0.884. The predicted octanol–water partition coefficient (Wildman–Crippen LogP) is 0.198. The zero-order chi connectivity index (χ0) is 41.2. The Hall–Kier alpha value is -4.94. The average molecular weight is 798 g/mol. The second-order valence-electron chi connectivity index (χ2n) is 13.8. The molecule has 2 aromatic rings. The van der Waals surface area contributed by atoms with Crippen LogP contribution >= 0.6 is 0 Å². The summed E-state index contributed by atoms with van der Waals surface area (Å²) in [4.78, 5) is 87.1. The third kappa shape index (κ3) is 14.8. The Morgan fingerprint density at radius 1 is 0.561 bits per heavy atom. The highest BCUT2D eigenvalue weighted by Gasteiger charge is 2.51. The fourth-order valence-corrected chi connectivity index (χ4v) is 6.91. The lowest BCUT2D eigenvalue weighted by molar-refractivity contribution is -0.157. The second-order valence-corrected chi connectivity index (χ2v) is 13.8. The van der Waals surface area contributed by atoms with Gasteiger partial charge in [0.1, 0.15) is 25.4 Å². The molecule has 0 radical (unpaired) electrons. The van der Waals surface area contributed by atoms with E-state index in [2.05, 4.69) is 0 Å². The smallest absolute Gasteiger partial charge is 0.325 e. The van der Waals surface area contributed by atoms with E-state index < -0.39 is 54.0 Å². The predicted molar refractivity (Wildman–Crippen MR) is 204 cm³/mol. The number of methoxy groups -OCH3 is 3. The molecular weight excluding hydrogens is 742 g/mol. The molecule has 0 unspecified atom stereocenters. The molecule has 0 spiro atoms. The summed E-state index contributed by atoms with van der Waals surface area (Å²) in [7, 11) is 3.92. The van der Waals surface area contributed by atoms with Crippen LogP contribution in [0.3, 0.4) is 0 Å². The van der Waals surface area contributed by atoms with Crippen molar-refractivity contribution in [2.45, 2.75) is 38.3 Å². The van der Waals surface area contributed by atoms with E-state index in [1.165, 1.54) is 28.3 Å². The van der Waals surface area contributed by atoms with Gasteiger partial charge in [0.05, 0.1) is 53.6 Å². The normalized spacial score (nSPS) is 20.7. The monoisotopic (exact) mass is 797 g/mol. The molecule has 2 aliphatic heterocycles. The summed E-state index contributed by atoms with van der Waals surface area (Å²) < 4.78 is 32.3. The van der Waals surface area contributed by atoms with E-state index in [-0.39, 0.29) is 59.0 Å². The Bertz CT molecular complexity index is 1580. The lowest BCUT2D eigenvalue weighted by Crippen LogP contribution is -2.57. The first-order valence-corrected chi connectivity index (χ1v) is 18.9. The second kappa shape index (κ2) is 23.3. The summed E-state index contributed by atoms with van der Waals surface area (Å²) in [6, 6.07) is 16.5. The summed E-state index contributed by atoms with van der Waals surface area (Å²) in [5.41, 5.74) is 1.55. The molecule has 0 N–H and O–H groups in total. The molecule has 312 valence electrons. The molecule has 0 bridgehead atoms. The fourth-order valence-electron chi connectivity index (χ4n) is 6.91. The lowest BCUT2D eigenvalue weighted by Gasteiger charge is -2.39. The van der Waals surface area contributed by atoms with Gasteiger partial charge in [0.15, 0.2) is 0 Å². The zero-order valence-corrected chi connectivity index (χ0v) is 33.2. The fraction of sp³-hybridized carbons (Fsp3) is 0.550. The minimum absolute atomic E-state index is 0.00326. The number of likely N-dealkylation sites (tertiary alicyclic amines) is 1. The van der Waals surface area contributed by atoms with Crippen LogP contribution < -0.4 is 0 Å². The maximum Gasteiger partial charge on any atom is 0.325 e. The Morgan fingerprint density at radius 3 is 1.40 bits per heavy atom. The molecule has 0 saturated carbocycles. The number of rotatable bonds is 15. The van der Waals surface area contributed by atoms with Crippen molar-refractivity contribution in [3.05, 3.63) is 71.8 Å². The van der Waals surface area contributed by atoms with Crippen LogP contribution in [0.1, 0.15) is 18.1 Å². The van der Waals surface area contributed by atoms with Crippen LogP contribution in [0.25, 0.3) is 0 Å². The Labute approximate surface area is 333 Å². The molecule has 2 aromatic carbocycles. The van der Waals surface area contributed by atoms with Crippen LogP contribution in [0.4, 0.5) is 0 Å². The van der Waals surface area contributed by atoms with Gasteiger partial charge in [-0.25, -0.2) is 0 Å². The van der Waals surface area contributed by atoms with Gasteiger partial charge in [0, 0.05) is 65.8 Å². The highest BCUT2D eigenvalue weighted by Crippen LogP contribution is 2.28. The van der Waals surface area contributed by atoms with Gasteiger partial charge in [0.2, 0.25) is 0 Å². The SMILES string of the molecule is COC(=O)CN1CCN(CC(=O)OC)CCN([C@@H]2[C@@H](OC(C)=O)CN(CC(=O)OCc3ccccc3)[C@@H]2C(=O)OCc2ccccc2)CCN(CC(=O)OC)CC1. The Balaban J connectivity index is 1.69. The molecule has 0 amide bonds. The molecule has 2 aliphatic rings. The van der Waals surface area contributed by atoms with Gasteiger partial charge in [-0.2, -0.15) is 0 Å². The van der Waals surface area contributed by atoms with Crippen molar-refractivity contribution in [2.75, 3.05) is 106 Å². The molecule has 4 rings (SSSR count). The number of ether oxygens (including phenoxy) is 6. The minimum atomic E-state index is -1.09. The quantitative estimate of drug-likeness (QED) is 0.176. The van der Waals surface area contributed by atoms with Crippen LogP contribution in [0.5, 0.6) is 0 Å². The number of carbonyl (C=O) groups is 6. The van der Waals surface area contributed by atoms with Gasteiger partial charge < -0.3 is 28.4 Å².